The molecule has 5 nitrogen and oxygen atoms in total. The van der Waals surface area contributed by atoms with Gasteiger partial charge in [-0.2, -0.15) is 0 Å². The predicted molar refractivity (Wildman–Crippen MR) is 90.3 cm³/mol. The number of carbonyl (C=O) groups excluding carboxylic acids is 1. The molecule has 0 spiro atoms. The lowest BCUT2D eigenvalue weighted by molar-refractivity contribution is -0.119. The zero-order valence-corrected chi connectivity index (χ0v) is 13.9. The molecule has 2 N–H and O–H groups in total. The van der Waals surface area contributed by atoms with Gasteiger partial charge < -0.3 is 10.6 Å². The van der Waals surface area contributed by atoms with E-state index in [0.29, 0.717) is 11.8 Å². The minimum Gasteiger partial charge on any atom is -0.357 e. The summed E-state index contributed by atoms with van der Waals surface area (Å²) in [5.74, 6) is 0.364. The molecule has 1 fully saturated rings. The van der Waals surface area contributed by atoms with Gasteiger partial charge >= 0.3 is 0 Å². The summed E-state index contributed by atoms with van der Waals surface area (Å²) < 4.78 is 0.825. The lowest BCUT2D eigenvalue weighted by atomic mass is 10.1. The molecule has 1 amide bonds. The van der Waals surface area contributed by atoms with Crippen LogP contribution in [0.4, 0.5) is 5.13 Å². The Morgan fingerprint density at radius 3 is 2.86 bits per heavy atom. The third-order valence-corrected chi connectivity index (χ3v) is 5.30. The maximum Gasteiger partial charge on any atom is 0.230 e. The Labute approximate surface area is 137 Å². The molecule has 7 heteroatoms. The standard InChI is InChI=1S/C15H18N4OS2/c1-10(11-5-3-2-4-6-11)16-13(20)9-21-15-19-18-14(22-15)17-12-7-8-12/h2-6,10,12H,7-9H2,1H3,(H,16,20)(H,17,18). The number of thioether (sulfide) groups is 1. The third-order valence-electron chi connectivity index (χ3n) is 3.32. The average molecular weight is 334 g/mol. The van der Waals surface area contributed by atoms with Crippen molar-refractivity contribution in [3.05, 3.63) is 35.9 Å². The highest BCUT2D eigenvalue weighted by molar-refractivity contribution is 8.01. The normalized spacial score (nSPS) is 15.3. The van der Waals surface area contributed by atoms with E-state index in [-0.39, 0.29) is 11.9 Å². The van der Waals surface area contributed by atoms with Gasteiger partial charge in [0.25, 0.3) is 0 Å². The first-order valence-electron chi connectivity index (χ1n) is 7.28. The Kier molecular flexibility index (Phi) is 4.94. The molecule has 0 radical (unpaired) electrons. The zero-order chi connectivity index (χ0) is 15.4. The lowest BCUT2D eigenvalue weighted by Crippen LogP contribution is -2.28. The molecule has 1 heterocycles. The fourth-order valence-corrected chi connectivity index (χ4v) is 3.60. The largest absolute Gasteiger partial charge is 0.357 e. The molecule has 3 rings (SSSR count). The molecule has 2 aromatic rings. The number of hydrogen-bond acceptors (Lipinski definition) is 6. The van der Waals surface area contributed by atoms with Crippen LogP contribution in [0.2, 0.25) is 0 Å². The number of rotatable bonds is 7. The Balaban J connectivity index is 1.44. The lowest BCUT2D eigenvalue weighted by Gasteiger charge is -2.13. The van der Waals surface area contributed by atoms with E-state index in [9.17, 15) is 4.79 Å². The number of aromatic nitrogens is 2. The first-order chi connectivity index (χ1) is 10.7. The Morgan fingerprint density at radius 1 is 1.36 bits per heavy atom. The molecule has 1 aromatic carbocycles. The first-order valence-corrected chi connectivity index (χ1v) is 9.08. The number of anilines is 1. The van der Waals surface area contributed by atoms with Gasteiger partial charge in [0.2, 0.25) is 11.0 Å². The smallest absolute Gasteiger partial charge is 0.230 e. The number of carbonyl (C=O) groups is 1. The van der Waals surface area contributed by atoms with Gasteiger partial charge in [-0.15, -0.1) is 10.2 Å². The van der Waals surface area contributed by atoms with Crippen LogP contribution in [-0.4, -0.2) is 27.9 Å². The molecule has 1 aromatic heterocycles. The molecular weight excluding hydrogens is 316 g/mol. The summed E-state index contributed by atoms with van der Waals surface area (Å²) in [7, 11) is 0. The van der Waals surface area contributed by atoms with Crippen molar-refractivity contribution in [1.82, 2.24) is 15.5 Å². The maximum atomic E-state index is 12.0. The number of hydrogen-bond donors (Lipinski definition) is 2. The van der Waals surface area contributed by atoms with Gasteiger partial charge in [-0.05, 0) is 25.3 Å². The fraction of sp³-hybridized carbons (Fsp3) is 0.400. The molecule has 22 heavy (non-hydrogen) atoms. The molecule has 0 aliphatic heterocycles. The van der Waals surface area contributed by atoms with Crippen molar-refractivity contribution >= 4 is 34.1 Å². The highest BCUT2D eigenvalue weighted by Crippen LogP contribution is 2.30. The van der Waals surface area contributed by atoms with Crippen LogP contribution in [0.25, 0.3) is 0 Å². The number of benzene rings is 1. The van der Waals surface area contributed by atoms with Crippen LogP contribution in [0, 0.1) is 0 Å². The molecule has 0 bridgehead atoms. The van der Waals surface area contributed by atoms with Gasteiger partial charge in [0.15, 0.2) is 4.34 Å². The van der Waals surface area contributed by atoms with Crippen molar-refractivity contribution < 1.29 is 4.79 Å². The third kappa shape index (κ3) is 4.45. The Bertz CT molecular complexity index is 627. The summed E-state index contributed by atoms with van der Waals surface area (Å²) in [6.45, 7) is 1.99. The van der Waals surface area contributed by atoms with Crippen molar-refractivity contribution in [3.63, 3.8) is 0 Å². The van der Waals surface area contributed by atoms with E-state index in [1.807, 2.05) is 37.3 Å². The van der Waals surface area contributed by atoms with Crippen molar-refractivity contribution in [2.24, 2.45) is 0 Å². The van der Waals surface area contributed by atoms with Crippen LogP contribution in [0.15, 0.2) is 34.7 Å². The molecule has 116 valence electrons. The number of nitrogens with zero attached hydrogens (tertiary/aromatic N) is 2. The second-order valence-corrected chi connectivity index (χ2v) is 7.48. The van der Waals surface area contributed by atoms with E-state index in [1.54, 1.807) is 0 Å². The second kappa shape index (κ2) is 7.11. The summed E-state index contributed by atoms with van der Waals surface area (Å²) in [6.07, 6.45) is 2.42. The van der Waals surface area contributed by atoms with E-state index >= 15 is 0 Å². The molecule has 1 unspecified atom stereocenters. The molecule has 1 atom stereocenters. The monoisotopic (exact) mass is 334 g/mol. The summed E-state index contributed by atoms with van der Waals surface area (Å²) in [6, 6.07) is 10.5. The summed E-state index contributed by atoms with van der Waals surface area (Å²) in [5.41, 5.74) is 1.10. The number of nitrogens with one attached hydrogen (secondary N) is 2. The van der Waals surface area contributed by atoms with Gasteiger partial charge in [-0.3, -0.25) is 4.79 Å². The predicted octanol–water partition coefficient (Wildman–Crippen LogP) is 3.08. The van der Waals surface area contributed by atoms with Crippen molar-refractivity contribution in [1.29, 1.82) is 0 Å². The zero-order valence-electron chi connectivity index (χ0n) is 12.3. The SMILES string of the molecule is CC(NC(=O)CSc1nnc(NC2CC2)s1)c1ccccc1. The Hall–Kier alpha value is -1.60. The van der Waals surface area contributed by atoms with Crippen molar-refractivity contribution in [3.8, 4) is 0 Å². The topological polar surface area (TPSA) is 66.9 Å². The molecule has 0 saturated heterocycles. The highest BCUT2D eigenvalue weighted by atomic mass is 32.2. The Morgan fingerprint density at radius 2 is 2.14 bits per heavy atom. The molecule has 1 saturated carbocycles. The first kappa shape index (κ1) is 15.3. The van der Waals surface area contributed by atoms with Gasteiger partial charge in [-0.25, -0.2) is 0 Å². The van der Waals surface area contributed by atoms with Crippen LogP contribution < -0.4 is 10.6 Å². The van der Waals surface area contributed by atoms with E-state index in [4.69, 9.17) is 0 Å². The van der Waals surface area contributed by atoms with E-state index in [1.165, 1.54) is 35.9 Å². The summed E-state index contributed by atoms with van der Waals surface area (Å²) >= 11 is 2.93. The molecule has 1 aliphatic carbocycles. The van der Waals surface area contributed by atoms with Crippen LogP contribution in [0.1, 0.15) is 31.4 Å². The van der Waals surface area contributed by atoms with Crippen molar-refractivity contribution in [2.45, 2.75) is 36.2 Å². The fourth-order valence-electron chi connectivity index (χ4n) is 1.96. The average Bonchev–Trinajstić information content (AvgIpc) is 3.23. The van der Waals surface area contributed by atoms with Crippen LogP contribution in [0.5, 0.6) is 0 Å². The van der Waals surface area contributed by atoms with E-state index in [0.717, 1.165) is 15.0 Å². The summed E-state index contributed by atoms with van der Waals surface area (Å²) in [5, 5.41) is 15.3. The maximum absolute atomic E-state index is 12.0. The van der Waals surface area contributed by atoms with Gasteiger partial charge in [-0.1, -0.05) is 53.4 Å². The van der Waals surface area contributed by atoms with Gasteiger partial charge in [0.05, 0.1) is 11.8 Å². The van der Waals surface area contributed by atoms with E-state index in [2.05, 4.69) is 20.8 Å². The van der Waals surface area contributed by atoms with Crippen LogP contribution >= 0.6 is 23.1 Å². The summed E-state index contributed by atoms with van der Waals surface area (Å²) in [4.78, 5) is 12.0. The minimum absolute atomic E-state index is 0.00764. The molecule has 1 aliphatic rings. The number of amides is 1. The quantitative estimate of drug-likeness (QED) is 0.762. The van der Waals surface area contributed by atoms with Crippen LogP contribution in [-0.2, 0) is 4.79 Å². The van der Waals surface area contributed by atoms with Gasteiger partial charge in [0.1, 0.15) is 0 Å². The minimum atomic E-state index is 0.00764. The molecular formula is C15H18N4OS2. The van der Waals surface area contributed by atoms with Gasteiger partial charge in [0, 0.05) is 6.04 Å². The second-order valence-electron chi connectivity index (χ2n) is 5.28. The van der Waals surface area contributed by atoms with E-state index < -0.39 is 0 Å². The van der Waals surface area contributed by atoms with Crippen molar-refractivity contribution in [2.75, 3.05) is 11.1 Å². The van der Waals surface area contributed by atoms with Crippen LogP contribution in [0.3, 0.4) is 0 Å². The highest BCUT2D eigenvalue weighted by Gasteiger charge is 2.22.